The number of carbonyl (C=O) groups is 3. The first-order valence-corrected chi connectivity index (χ1v) is 8.82. The van der Waals surface area contributed by atoms with E-state index in [1.54, 1.807) is 24.3 Å². The number of anilines is 1. The van der Waals surface area contributed by atoms with E-state index in [1.807, 2.05) is 31.2 Å². The maximum Gasteiger partial charge on any atom is 0.312 e. The number of rotatable bonds is 5. The molecule has 140 valence electrons. The third-order valence-electron chi connectivity index (χ3n) is 4.80. The number of fused-ring (bicyclic) bond motifs is 1. The van der Waals surface area contributed by atoms with Crippen LogP contribution < -0.4 is 10.2 Å². The van der Waals surface area contributed by atoms with Gasteiger partial charge >= 0.3 is 5.97 Å². The van der Waals surface area contributed by atoms with Crippen molar-refractivity contribution in [2.45, 2.75) is 32.2 Å². The maximum atomic E-state index is 13.0. The molecule has 2 N–H and O–H groups in total. The Kier molecular flexibility index (Phi) is 5.26. The van der Waals surface area contributed by atoms with Gasteiger partial charge in [-0.05, 0) is 24.1 Å². The summed E-state index contributed by atoms with van der Waals surface area (Å²) in [5.74, 6) is -2.12. The zero-order valence-corrected chi connectivity index (χ0v) is 15.3. The lowest BCUT2D eigenvalue weighted by Gasteiger charge is -2.23. The van der Waals surface area contributed by atoms with Gasteiger partial charge in [-0.15, -0.1) is 0 Å². The normalized spacial score (nSPS) is 16.5. The van der Waals surface area contributed by atoms with Crippen molar-refractivity contribution in [3.63, 3.8) is 0 Å². The molecule has 3 rings (SSSR count). The molecule has 1 aliphatic rings. The zero-order valence-electron chi connectivity index (χ0n) is 15.3. The van der Waals surface area contributed by atoms with E-state index in [1.165, 1.54) is 11.8 Å². The predicted molar refractivity (Wildman–Crippen MR) is 102 cm³/mol. The van der Waals surface area contributed by atoms with Crippen LogP contribution in [0.2, 0.25) is 0 Å². The smallest absolute Gasteiger partial charge is 0.312 e. The number of benzene rings is 2. The van der Waals surface area contributed by atoms with Crippen LogP contribution in [0.25, 0.3) is 0 Å². The molecule has 0 aliphatic carbocycles. The van der Waals surface area contributed by atoms with Crippen LogP contribution in [0.5, 0.6) is 0 Å². The Balaban J connectivity index is 1.85. The number of nitrogens with zero attached hydrogens (tertiary/aromatic N) is 1. The summed E-state index contributed by atoms with van der Waals surface area (Å²) in [5, 5.41) is 12.3. The highest BCUT2D eigenvalue weighted by atomic mass is 16.4. The summed E-state index contributed by atoms with van der Waals surface area (Å²) in [7, 11) is 0. The molecular formula is C21H22N2O4. The number of hydrogen-bond acceptors (Lipinski definition) is 3. The lowest BCUT2D eigenvalue weighted by atomic mass is 10.0. The van der Waals surface area contributed by atoms with Gasteiger partial charge in [0.2, 0.25) is 11.8 Å². The van der Waals surface area contributed by atoms with Crippen LogP contribution in [0.3, 0.4) is 0 Å². The summed E-state index contributed by atoms with van der Waals surface area (Å²) in [6, 6.07) is 14.2. The number of amides is 2. The highest BCUT2D eigenvalue weighted by molar-refractivity contribution is 5.99. The van der Waals surface area contributed by atoms with Gasteiger partial charge in [0.05, 0.1) is 12.5 Å². The van der Waals surface area contributed by atoms with E-state index in [2.05, 4.69) is 5.32 Å². The minimum Gasteiger partial charge on any atom is -0.481 e. The van der Waals surface area contributed by atoms with Crippen molar-refractivity contribution in [2.75, 3.05) is 11.4 Å². The van der Waals surface area contributed by atoms with Gasteiger partial charge < -0.3 is 15.3 Å². The number of carbonyl (C=O) groups excluding carboxylic acids is 2. The van der Waals surface area contributed by atoms with Crippen molar-refractivity contribution < 1.29 is 19.5 Å². The van der Waals surface area contributed by atoms with Gasteiger partial charge in [0.25, 0.3) is 0 Å². The van der Waals surface area contributed by atoms with E-state index in [4.69, 9.17) is 0 Å². The van der Waals surface area contributed by atoms with E-state index in [9.17, 15) is 19.5 Å². The maximum absolute atomic E-state index is 13.0. The molecule has 2 unspecified atom stereocenters. The summed E-state index contributed by atoms with van der Waals surface area (Å²) in [6.45, 7) is 3.49. The van der Waals surface area contributed by atoms with Gasteiger partial charge in [-0.1, -0.05) is 48.0 Å². The predicted octanol–water partition coefficient (Wildman–Crippen LogP) is 2.78. The van der Waals surface area contributed by atoms with Crippen molar-refractivity contribution in [3.8, 4) is 0 Å². The second-order valence-corrected chi connectivity index (χ2v) is 6.82. The van der Waals surface area contributed by atoms with Gasteiger partial charge in [0.15, 0.2) is 0 Å². The SMILES string of the molecule is CC(=O)NC(CC(=O)N1CC(C(=O)O)c2ccccc21)c1ccc(C)cc1. The Bertz CT molecular complexity index is 876. The standard InChI is InChI=1S/C21H22N2O4/c1-13-7-9-15(10-8-13)18(22-14(2)24)11-20(25)23-12-17(21(26)27)16-5-3-4-6-19(16)23/h3-10,17-18H,11-12H2,1-2H3,(H,22,24)(H,26,27). The fourth-order valence-electron chi connectivity index (χ4n) is 3.44. The summed E-state index contributed by atoms with van der Waals surface area (Å²) in [4.78, 5) is 37.7. The monoisotopic (exact) mass is 366 g/mol. The van der Waals surface area contributed by atoms with Gasteiger partial charge in [0.1, 0.15) is 5.92 Å². The van der Waals surface area contributed by atoms with Crippen molar-refractivity contribution in [1.82, 2.24) is 5.32 Å². The summed E-state index contributed by atoms with van der Waals surface area (Å²) >= 11 is 0. The molecule has 0 bridgehead atoms. The van der Waals surface area contributed by atoms with E-state index >= 15 is 0 Å². The van der Waals surface area contributed by atoms with Crippen LogP contribution in [0, 0.1) is 6.92 Å². The molecule has 1 aliphatic heterocycles. The van der Waals surface area contributed by atoms with Crippen molar-refractivity contribution in [3.05, 3.63) is 65.2 Å². The second-order valence-electron chi connectivity index (χ2n) is 6.82. The summed E-state index contributed by atoms with van der Waals surface area (Å²) in [6.07, 6.45) is 0.0588. The second kappa shape index (κ2) is 7.61. The van der Waals surface area contributed by atoms with E-state index in [0.717, 1.165) is 11.1 Å². The number of carboxylic acids is 1. The Labute approximate surface area is 157 Å². The zero-order chi connectivity index (χ0) is 19.6. The van der Waals surface area contributed by atoms with Crippen molar-refractivity contribution in [2.24, 2.45) is 0 Å². The third-order valence-corrected chi connectivity index (χ3v) is 4.80. The molecule has 6 heteroatoms. The topological polar surface area (TPSA) is 86.7 Å². The van der Waals surface area contributed by atoms with Crippen molar-refractivity contribution >= 4 is 23.5 Å². The molecule has 27 heavy (non-hydrogen) atoms. The first-order valence-electron chi connectivity index (χ1n) is 8.82. The number of carboxylic acid groups (broad SMARTS) is 1. The molecule has 6 nitrogen and oxygen atoms in total. The molecule has 2 atom stereocenters. The van der Waals surface area contributed by atoms with Gasteiger partial charge in [-0.2, -0.15) is 0 Å². The number of para-hydroxylation sites is 1. The fraction of sp³-hybridized carbons (Fsp3) is 0.286. The molecule has 2 aromatic carbocycles. The molecule has 1 heterocycles. The van der Waals surface area contributed by atoms with E-state index in [0.29, 0.717) is 11.3 Å². The van der Waals surface area contributed by atoms with Crippen LogP contribution in [-0.2, 0) is 14.4 Å². The third kappa shape index (κ3) is 4.00. The highest BCUT2D eigenvalue weighted by Gasteiger charge is 2.36. The number of aryl methyl sites for hydroxylation is 1. The molecular weight excluding hydrogens is 344 g/mol. The molecule has 0 aromatic heterocycles. The van der Waals surface area contributed by atoms with E-state index < -0.39 is 17.9 Å². The lowest BCUT2D eigenvalue weighted by Crippen LogP contribution is -2.36. The number of hydrogen-bond donors (Lipinski definition) is 2. The Hall–Kier alpha value is -3.15. The number of aliphatic carboxylic acids is 1. The average molecular weight is 366 g/mol. The van der Waals surface area contributed by atoms with Crippen LogP contribution in [0.15, 0.2) is 48.5 Å². The lowest BCUT2D eigenvalue weighted by molar-refractivity contribution is -0.138. The number of nitrogens with one attached hydrogen (secondary N) is 1. The highest BCUT2D eigenvalue weighted by Crippen LogP contribution is 2.37. The minimum atomic E-state index is -0.949. The van der Waals surface area contributed by atoms with Crippen molar-refractivity contribution in [1.29, 1.82) is 0 Å². The Morgan fingerprint density at radius 1 is 1.15 bits per heavy atom. The fourth-order valence-corrected chi connectivity index (χ4v) is 3.44. The largest absolute Gasteiger partial charge is 0.481 e. The van der Waals surface area contributed by atoms with Gasteiger partial charge in [-0.25, -0.2) is 0 Å². The summed E-state index contributed by atoms with van der Waals surface area (Å²) in [5.41, 5.74) is 3.20. The molecule has 0 radical (unpaired) electrons. The average Bonchev–Trinajstić information content (AvgIpc) is 3.01. The molecule has 2 amide bonds. The molecule has 0 saturated heterocycles. The Morgan fingerprint density at radius 3 is 2.44 bits per heavy atom. The first-order chi connectivity index (χ1) is 12.9. The van der Waals surface area contributed by atoms with Crippen LogP contribution in [0.4, 0.5) is 5.69 Å². The molecule has 0 spiro atoms. The van der Waals surface area contributed by atoms with Crippen LogP contribution >= 0.6 is 0 Å². The Morgan fingerprint density at radius 2 is 1.81 bits per heavy atom. The summed E-state index contributed by atoms with van der Waals surface area (Å²) < 4.78 is 0. The van der Waals surface area contributed by atoms with E-state index in [-0.39, 0.29) is 24.8 Å². The van der Waals surface area contributed by atoms with Crippen LogP contribution in [0.1, 0.15) is 42.0 Å². The van der Waals surface area contributed by atoms with Crippen LogP contribution in [-0.4, -0.2) is 29.4 Å². The minimum absolute atomic E-state index is 0.0588. The molecule has 0 saturated carbocycles. The quantitative estimate of drug-likeness (QED) is 0.852. The van der Waals surface area contributed by atoms with Gasteiger partial charge in [0, 0.05) is 19.2 Å². The molecule has 0 fully saturated rings. The first kappa shape index (κ1) is 18.6. The van der Waals surface area contributed by atoms with Gasteiger partial charge in [-0.3, -0.25) is 14.4 Å². The molecule has 2 aromatic rings.